The third-order valence-electron chi connectivity index (χ3n) is 3.22. The molecule has 3 aromatic rings. The zero-order valence-electron chi connectivity index (χ0n) is 12.6. The normalized spacial score (nSPS) is 10.8. The summed E-state index contributed by atoms with van der Waals surface area (Å²) >= 11 is 5.80. The summed E-state index contributed by atoms with van der Waals surface area (Å²) in [5.74, 6) is 0.460. The number of benzene rings is 1. The summed E-state index contributed by atoms with van der Waals surface area (Å²) in [5.41, 5.74) is 7.20. The van der Waals surface area contributed by atoms with Crippen molar-refractivity contribution < 1.29 is 4.39 Å². The number of nitrogens with zero attached hydrogens (tertiary/aromatic N) is 4. The molecule has 0 spiro atoms. The largest absolute Gasteiger partial charge is 0.354 e. The zero-order chi connectivity index (χ0) is 16.9. The summed E-state index contributed by atoms with van der Waals surface area (Å²) in [6.45, 7) is 1.26. The first-order valence-corrected chi connectivity index (χ1v) is 7.69. The topological polar surface area (TPSA) is 102 Å². The van der Waals surface area contributed by atoms with Gasteiger partial charge in [0.05, 0.1) is 11.2 Å². The maximum absolute atomic E-state index is 13.3. The predicted octanol–water partition coefficient (Wildman–Crippen LogP) is 2.72. The lowest BCUT2D eigenvalue weighted by atomic mass is 10.3. The van der Waals surface area contributed by atoms with Crippen molar-refractivity contribution in [1.82, 2.24) is 19.9 Å². The van der Waals surface area contributed by atoms with Crippen LogP contribution in [0.2, 0.25) is 5.02 Å². The van der Waals surface area contributed by atoms with Crippen LogP contribution in [0, 0.1) is 5.82 Å². The molecule has 0 atom stereocenters. The third-order valence-corrected chi connectivity index (χ3v) is 3.51. The minimum atomic E-state index is -0.483. The van der Waals surface area contributed by atoms with Gasteiger partial charge < -0.3 is 16.4 Å². The minimum absolute atomic E-state index is 0.0251. The quantitative estimate of drug-likeness (QED) is 0.589. The molecule has 2 heterocycles. The first-order chi connectivity index (χ1) is 11.7. The van der Waals surface area contributed by atoms with Gasteiger partial charge in [-0.05, 0) is 31.2 Å². The highest BCUT2D eigenvalue weighted by atomic mass is 35.5. The summed E-state index contributed by atoms with van der Waals surface area (Å²) in [4.78, 5) is 17.0. The Morgan fingerprint density at radius 3 is 2.88 bits per heavy atom. The third kappa shape index (κ3) is 3.66. The van der Waals surface area contributed by atoms with Crippen LogP contribution in [-0.4, -0.2) is 33.0 Å². The molecule has 124 valence electrons. The lowest BCUT2D eigenvalue weighted by Gasteiger charge is -2.09. The van der Waals surface area contributed by atoms with Gasteiger partial charge in [-0.1, -0.05) is 11.6 Å². The van der Waals surface area contributed by atoms with Gasteiger partial charge in [0, 0.05) is 12.2 Å². The number of hydrogen-bond acceptors (Lipinski definition) is 7. The maximum atomic E-state index is 13.3. The Morgan fingerprint density at radius 1 is 1.21 bits per heavy atom. The lowest BCUT2D eigenvalue weighted by Crippen LogP contribution is -2.10. The summed E-state index contributed by atoms with van der Waals surface area (Å²) in [6.07, 6.45) is 3.82. The molecule has 0 radical (unpaired) electrons. The van der Waals surface area contributed by atoms with Gasteiger partial charge in [0.2, 0.25) is 5.95 Å². The molecule has 7 nitrogen and oxygen atoms in total. The molecule has 24 heavy (non-hydrogen) atoms. The fourth-order valence-electron chi connectivity index (χ4n) is 2.04. The molecule has 0 amide bonds. The molecule has 0 aliphatic rings. The number of nitrogens with two attached hydrogens (primary N) is 1. The first kappa shape index (κ1) is 16.3. The van der Waals surface area contributed by atoms with Crippen molar-refractivity contribution in [1.29, 1.82) is 0 Å². The molecule has 1 aromatic carbocycles. The van der Waals surface area contributed by atoms with Crippen molar-refractivity contribution in [3.8, 4) is 0 Å². The average Bonchev–Trinajstić information content (AvgIpc) is 2.59. The lowest BCUT2D eigenvalue weighted by molar-refractivity contribution is 0.628. The van der Waals surface area contributed by atoms with Crippen molar-refractivity contribution in [3.05, 3.63) is 41.6 Å². The summed E-state index contributed by atoms with van der Waals surface area (Å²) in [5, 5.41) is 6.18. The average molecular weight is 348 g/mol. The van der Waals surface area contributed by atoms with Gasteiger partial charge in [-0.3, -0.25) is 0 Å². The van der Waals surface area contributed by atoms with Gasteiger partial charge in [0.15, 0.2) is 5.82 Å². The number of aromatic nitrogens is 4. The Morgan fingerprint density at radius 2 is 2.08 bits per heavy atom. The molecule has 2 aromatic heterocycles. The van der Waals surface area contributed by atoms with Crippen molar-refractivity contribution in [2.24, 2.45) is 5.73 Å². The van der Waals surface area contributed by atoms with Crippen LogP contribution in [0.3, 0.4) is 0 Å². The van der Waals surface area contributed by atoms with Crippen molar-refractivity contribution in [2.45, 2.75) is 6.42 Å². The van der Waals surface area contributed by atoms with E-state index >= 15 is 0 Å². The van der Waals surface area contributed by atoms with Gasteiger partial charge >= 0.3 is 0 Å². The van der Waals surface area contributed by atoms with E-state index in [2.05, 4.69) is 30.6 Å². The second kappa shape index (κ2) is 7.33. The van der Waals surface area contributed by atoms with Gasteiger partial charge in [-0.25, -0.2) is 24.3 Å². The highest BCUT2D eigenvalue weighted by molar-refractivity contribution is 6.31. The molecule has 0 saturated heterocycles. The van der Waals surface area contributed by atoms with Crippen LogP contribution in [0.4, 0.5) is 21.8 Å². The Bertz CT molecular complexity index is 858. The van der Waals surface area contributed by atoms with E-state index in [-0.39, 0.29) is 5.02 Å². The van der Waals surface area contributed by atoms with Crippen molar-refractivity contribution in [3.63, 3.8) is 0 Å². The van der Waals surface area contributed by atoms with E-state index in [1.165, 1.54) is 18.5 Å². The SMILES string of the molecule is NCCCNc1ncc2ncnc(Nc3ccc(F)c(Cl)c3)c2n1. The van der Waals surface area contributed by atoms with Crippen LogP contribution in [0.1, 0.15) is 6.42 Å². The van der Waals surface area contributed by atoms with Crippen LogP contribution in [0.25, 0.3) is 11.0 Å². The Balaban J connectivity index is 1.91. The first-order valence-electron chi connectivity index (χ1n) is 7.31. The number of hydrogen-bond donors (Lipinski definition) is 3. The van der Waals surface area contributed by atoms with Crippen LogP contribution < -0.4 is 16.4 Å². The number of fused-ring (bicyclic) bond motifs is 1. The van der Waals surface area contributed by atoms with E-state index in [1.807, 2.05) is 0 Å². The van der Waals surface area contributed by atoms with Gasteiger partial charge in [-0.2, -0.15) is 0 Å². The number of halogens is 2. The molecular weight excluding hydrogens is 333 g/mol. The monoisotopic (exact) mass is 347 g/mol. The molecule has 9 heteroatoms. The summed E-state index contributed by atoms with van der Waals surface area (Å²) in [6, 6.07) is 4.33. The second-order valence-electron chi connectivity index (χ2n) is 4.97. The number of rotatable bonds is 6. The second-order valence-corrected chi connectivity index (χ2v) is 5.38. The van der Waals surface area contributed by atoms with Crippen molar-refractivity contribution >= 4 is 40.1 Å². The van der Waals surface area contributed by atoms with E-state index in [9.17, 15) is 4.39 Å². The van der Waals surface area contributed by atoms with Gasteiger partial charge in [0.25, 0.3) is 0 Å². The molecule has 0 aliphatic carbocycles. The smallest absolute Gasteiger partial charge is 0.223 e. The Hall–Kier alpha value is -2.58. The van der Waals surface area contributed by atoms with E-state index in [4.69, 9.17) is 17.3 Å². The minimum Gasteiger partial charge on any atom is -0.354 e. The van der Waals surface area contributed by atoms with Crippen LogP contribution in [0.15, 0.2) is 30.7 Å². The van der Waals surface area contributed by atoms with Crippen LogP contribution in [-0.2, 0) is 0 Å². The maximum Gasteiger partial charge on any atom is 0.223 e. The molecule has 0 bridgehead atoms. The number of nitrogens with one attached hydrogen (secondary N) is 2. The van der Waals surface area contributed by atoms with E-state index in [0.29, 0.717) is 41.6 Å². The fraction of sp³-hybridized carbons (Fsp3) is 0.200. The highest BCUT2D eigenvalue weighted by Crippen LogP contribution is 2.25. The zero-order valence-corrected chi connectivity index (χ0v) is 13.4. The predicted molar refractivity (Wildman–Crippen MR) is 92.0 cm³/mol. The van der Waals surface area contributed by atoms with Crippen LogP contribution in [0.5, 0.6) is 0 Å². The standard InChI is InChI=1S/C15H15ClFN7/c16-10-6-9(2-3-11(10)17)23-14-13-12(21-8-22-14)7-20-15(24-13)19-5-1-4-18/h2-3,6-8H,1,4-5,18H2,(H,19,20,24)(H,21,22,23). The highest BCUT2D eigenvalue weighted by Gasteiger charge is 2.09. The molecule has 4 N–H and O–H groups in total. The van der Waals surface area contributed by atoms with E-state index in [0.717, 1.165) is 6.42 Å². The molecule has 0 fully saturated rings. The molecule has 0 unspecified atom stereocenters. The van der Waals surface area contributed by atoms with E-state index in [1.54, 1.807) is 12.3 Å². The molecule has 0 aliphatic heterocycles. The molecule has 3 rings (SSSR count). The molecular formula is C15H15ClFN7. The molecule has 0 saturated carbocycles. The summed E-state index contributed by atoms with van der Waals surface area (Å²) in [7, 11) is 0. The number of anilines is 3. The van der Waals surface area contributed by atoms with Crippen molar-refractivity contribution in [2.75, 3.05) is 23.7 Å². The van der Waals surface area contributed by atoms with Gasteiger partial charge in [-0.15, -0.1) is 0 Å². The summed E-state index contributed by atoms with van der Waals surface area (Å²) < 4.78 is 13.3. The van der Waals surface area contributed by atoms with Crippen LogP contribution >= 0.6 is 11.6 Å². The Kier molecular flexibility index (Phi) is 4.97. The fourth-order valence-corrected chi connectivity index (χ4v) is 2.22. The van der Waals surface area contributed by atoms with Gasteiger partial charge in [0.1, 0.15) is 23.2 Å². The Labute approximate surface area is 142 Å². The van der Waals surface area contributed by atoms with E-state index < -0.39 is 5.82 Å².